The first-order chi connectivity index (χ1) is 14.5. The van der Waals surface area contributed by atoms with Crippen molar-refractivity contribution in [1.82, 2.24) is 14.5 Å². The van der Waals surface area contributed by atoms with Gasteiger partial charge in [0.15, 0.2) is 0 Å². The molecule has 8 heteroatoms. The van der Waals surface area contributed by atoms with Gasteiger partial charge in [-0.3, -0.25) is 9.69 Å². The molecule has 1 aliphatic rings. The third-order valence-corrected chi connectivity index (χ3v) is 5.50. The summed E-state index contributed by atoms with van der Waals surface area (Å²) in [6.45, 7) is 10.5. The molecule has 0 saturated carbocycles. The third kappa shape index (κ3) is 3.34. The van der Waals surface area contributed by atoms with Gasteiger partial charge in [0.1, 0.15) is 23.1 Å². The van der Waals surface area contributed by atoms with E-state index in [0.717, 1.165) is 5.56 Å². The van der Waals surface area contributed by atoms with Gasteiger partial charge in [0.25, 0.3) is 11.4 Å². The highest BCUT2D eigenvalue weighted by atomic mass is 16.3. The number of nitriles is 1. The number of nitrogens with zero attached hydrogens (tertiary/aromatic N) is 6. The Balaban J connectivity index is 1.68. The van der Waals surface area contributed by atoms with Crippen molar-refractivity contribution in [3.63, 3.8) is 0 Å². The van der Waals surface area contributed by atoms with Crippen molar-refractivity contribution >= 4 is 22.5 Å². The molecule has 0 aliphatic carbocycles. The lowest BCUT2D eigenvalue weighted by Crippen LogP contribution is -2.47. The Morgan fingerprint density at radius 1 is 1.20 bits per heavy atom. The fraction of sp³-hybridized carbons (Fsp3) is 0.273. The maximum atomic E-state index is 12.8. The van der Waals surface area contributed by atoms with Crippen LogP contribution in [0.2, 0.25) is 0 Å². The summed E-state index contributed by atoms with van der Waals surface area (Å²) in [7, 11) is 1.61. The van der Waals surface area contributed by atoms with Gasteiger partial charge in [0.2, 0.25) is 5.52 Å². The molecule has 0 atom stereocenters. The molecule has 0 radical (unpaired) electrons. The molecule has 0 amide bonds. The van der Waals surface area contributed by atoms with E-state index in [4.69, 9.17) is 6.57 Å². The largest absolute Gasteiger partial charge is 0.508 e. The highest BCUT2D eigenvalue weighted by molar-refractivity contribution is 5.92. The fourth-order valence-electron chi connectivity index (χ4n) is 3.87. The number of aromatic hydroxyl groups is 1. The smallest absolute Gasteiger partial charge is 0.271 e. The van der Waals surface area contributed by atoms with E-state index in [1.54, 1.807) is 31.3 Å². The number of anilines is 1. The van der Waals surface area contributed by atoms with E-state index in [1.807, 2.05) is 17.0 Å². The molecule has 0 spiro atoms. The van der Waals surface area contributed by atoms with Crippen LogP contribution < -0.4 is 10.5 Å². The van der Waals surface area contributed by atoms with Crippen LogP contribution in [0.4, 0.5) is 11.5 Å². The molecule has 2 aromatic heterocycles. The Labute approximate surface area is 173 Å². The number of para-hydroxylation sites is 1. The third-order valence-electron chi connectivity index (χ3n) is 5.50. The number of piperazine rings is 1. The summed E-state index contributed by atoms with van der Waals surface area (Å²) in [5.41, 5.74) is 2.14. The van der Waals surface area contributed by atoms with E-state index < -0.39 is 0 Å². The van der Waals surface area contributed by atoms with E-state index >= 15 is 0 Å². The standard InChI is InChI=1S/C22H20N6O2/c1-24-19-8-7-17-20(25-19)21(16(13-23)22(30)26(17)2)28-11-9-27(10-12-28)14-15-5-3-4-6-18(15)29/h3-8,29H,9-12,14H2,2H3. The minimum atomic E-state index is -0.367. The Morgan fingerprint density at radius 2 is 1.93 bits per heavy atom. The second-order valence-corrected chi connectivity index (χ2v) is 7.24. The first-order valence-electron chi connectivity index (χ1n) is 9.59. The Bertz CT molecular complexity index is 1260. The topological polar surface area (TPSA) is 89.8 Å². The molecule has 4 rings (SSSR count). The predicted octanol–water partition coefficient (Wildman–Crippen LogP) is 2.38. The van der Waals surface area contributed by atoms with Gasteiger partial charge in [0.05, 0.1) is 5.52 Å². The summed E-state index contributed by atoms with van der Waals surface area (Å²) in [6.07, 6.45) is 0. The van der Waals surface area contributed by atoms with Crippen molar-refractivity contribution < 1.29 is 5.11 Å². The van der Waals surface area contributed by atoms with Gasteiger partial charge in [0, 0.05) is 45.3 Å². The van der Waals surface area contributed by atoms with Crippen molar-refractivity contribution in [1.29, 1.82) is 5.26 Å². The molecular weight excluding hydrogens is 380 g/mol. The van der Waals surface area contributed by atoms with Crippen LogP contribution >= 0.6 is 0 Å². The molecule has 8 nitrogen and oxygen atoms in total. The van der Waals surface area contributed by atoms with E-state index in [9.17, 15) is 15.2 Å². The molecule has 1 fully saturated rings. The van der Waals surface area contributed by atoms with Gasteiger partial charge in [-0.2, -0.15) is 5.26 Å². The summed E-state index contributed by atoms with van der Waals surface area (Å²) in [6, 6.07) is 12.6. The van der Waals surface area contributed by atoms with Gasteiger partial charge < -0.3 is 19.4 Å². The van der Waals surface area contributed by atoms with Gasteiger partial charge in [-0.05, 0) is 18.2 Å². The number of phenolic OH excluding ortho intramolecular Hbond substituents is 1. The van der Waals surface area contributed by atoms with Crippen LogP contribution in [0.5, 0.6) is 5.75 Å². The quantitative estimate of drug-likeness (QED) is 0.679. The molecule has 0 unspecified atom stereocenters. The van der Waals surface area contributed by atoms with E-state index in [2.05, 4.69) is 20.8 Å². The minimum absolute atomic E-state index is 0.0498. The zero-order valence-corrected chi connectivity index (χ0v) is 16.5. The minimum Gasteiger partial charge on any atom is -0.508 e. The van der Waals surface area contributed by atoms with Crippen LogP contribution in [0.25, 0.3) is 15.9 Å². The van der Waals surface area contributed by atoms with Crippen LogP contribution in [0.1, 0.15) is 11.1 Å². The van der Waals surface area contributed by atoms with E-state index in [-0.39, 0.29) is 22.7 Å². The molecule has 1 saturated heterocycles. The number of aromatic nitrogens is 2. The van der Waals surface area contributed by atoms with Crippen LogP contribution in [0.3, 0.4) is 0 Å². The lowest BCUT2D eigenvalue weighted by atomic mass is 10.1. The number of hydrogen-bond donors (Lipinski definition) is 1. The van der Waals surface area contributed by atoms with Crippen LogP contribution in [-0.2, 0) is 13.6 Å². The molecule has 30 heavy (non-hydrogen) atoms. The van der Waals surface area contributed by atoms with Gasteiger partial charge in [-0.15, -0.1) is 4.98 Å². The summed E-state index contributed by atoms with van der Waals surface area (Å²) < 4.78 is 1.41. The van der Waals surface area contributed by atoms with Crippen molar-refractivity contribution in [2.75, 3.05) is 31.1 Å². The lowest BCUT2D eigenvalue weighted by Gasteiger charge is -2.36. The highest BCUT2D eigenvalue weighted by Crippen LogP contribution is 2.30. The maximum absolute atomic E-state index is 12.8. The monoisotopic (exact) mass is 400 g/mol. The van der Waals surface area contributed by atoms with Gasteiger partial charge in [-0.25, -0.2) is 0 Å². The van der Waals surface area contributed by atoms with Gasteiger partial charge >= 0.3 is 0 Å². The summed E-state index contributed by atoms with van der Waals surface area (Å²) >= 11 is 0. The van der Waals surface area contributed by atoms with E-state index in [1.165, 1.54) is 4.57 Å². The number of benzene rings is 1. The predicted molar refractivity (Wildman–Crippen MR) is 114 cm³/mol. The molecule has 1 aromatic carbocycles. The highest BCUT2D eigenvalue weighted by Gasteiger charge is 2.27. The second-order valence-electron chi connectivity index (χ2n) is 7.24. The van der Waals surface area contributed by atoms with E-state index in [0.29, 0.717) is 49.4 Å². The summed E-state index contributed by atoms with van der Waals surface area (Å²) in [5, 5.41) is 19.7. The molecule has 150 valence electrons. The van der Waals surface area contributed by atoms with Crippen LogP contribution in [-0.4, -0.2) is 45.7 Å². The van der Waals surface area contributed by atoms with Crippen molar-refractivity contribution in [3.8, 4) is 11.8 Å². The zero-order valence-electron chi connectivity index (χ0n) is 16.5. The number of phenols is 1. The number of aryl methyl sites for hydroxylation is 1. The van der Waals surface area contributed by atoms with Gasteiger partial charge in [-0.1, -0.05) is 24.8 Å². The first kappa shape index (κ1) is 19.4. The lowest BCUT2D eigenvalue weighted by molar-refractivity contribution is 0.247. The summed E-state index contributed by atoms with van der Waals surface area (Å²) in [4.78, 5) is 24.8. The van der Waals surface area contributed by atoms with Crippen LogP contribution in [0.15, 0.2) is 41.2 Å². The molecule has 3 aromatic rings. The van der Waals surface area contributed by atoms with Crippen LogP contribution in [0, 0.1) is 17.9 Å². The Hall–Kier alpha value is -3.88. The Kier molecular flexibility index (Phi) is 5.09. The number of fused-ring (bicyclic) bond motifs is 1. The normalized spacial score (nSPS) is 14.4. The second kappa shape index (κ2) is 7.86. The summed E-state index contributed by atoms with van der Waals surface area (Å²) in [5.74, 6) is 0.504. The van der Waals surface area contributed by atoms with Crippen molar-refractivity contribution in [3.05, 3.63) is 69.3 Å². The SMILES string of the molecule is [C-]#[N+]c1ccc2c(n1)c(N1CCN(Cc3ccccc3O)CC1)c(C#N)c(=O)n2C. The molecular formula is C22H20N6O2. The molecule has 3 heterocycles. The zero-order chi connectivity index (χ0) is 21.3. The van der Waals surface area contributed by atoms with Crippen molar-refractivity contribution in [2.24, 2.45) is 7.05 Å². The average molecular weight is 400 g/mol. The molecule has 0 bridgehead atoms. The molecule has 1 N–H and O–H groups in total. The number of hydrogen-bond acceptors (Lipinski definition) is 6. The maximum Gasteiger partial charge on any atom is 0.271 e. The number of pyridine rings is 2. The van der Waals surface area contributed by atoms with Crippen molar-refractivity contribution in [2.45, 2.75) is 6.54 Å². The number of rotatable bonds is 3. The average Bonchev–Trinajstić information content (AvgIpc) is 2.78. The molecule has 1 aliphatic heterocycles. The first-order valence-corrected chi connectivity index (χ1v) is 9.59. The Morgan fingerprint density at radius 3 is 2.60 bits per heavy atom. The fourth-order valence-corrected chi connectivity index (χ4v) is 3.87.